The van der Waals surface area contributed by atoms with E-state index in [1.54, 1.807) is 0 Å². The van der Waals surface area contributed by atoms with Crippen molar-refractivity contribution in [1.82, 2.24) is 10.2 Å². The third-order valence-corrected chi connectivity index (χ3v) is 5.41. The number of hydrogen-bond donors (Lipinski definition) is 1. The van der Waals surface area contributed by atoms with Crippen LogP contribution in [0, 0.1) is 5.92 Å². The van der Waals surface area contributed by atoms with Crippen molar-refractivity contribution >= 4 is 0 Å². The molecule has 0 bridgehead atoms. The first kappa shape index (κ1) is 19.0. The first-order chi connectivity index (χ1) is 10.2. The second kappa shape index (κ2) is 11.5. The third kappa shape index (κ3) is 7.15. The summed E-state index contributed by atoms with van der Waals surface area (Å²) in [4.78, 5) is 2.78. The van der Waals surface area contributed by atoms with Crippen LogP contribution in [0.3, 0.4) is 0 Å². The number of unbranched alkanes of at least 4 members (excludes halogenated alkanes) is 6. The van der Waals surface area contributed by atoms with E-state index in [-0.39, 0.29) is 0 Å². The largest absolute Gasteiger partial charge is 0.311 e. The summed E-state index contributed by atoms with van der Waals surface area (Å²) in [5, 5.41) is 3.78. The van der Waals surface area contributed by atoms with Crippen molar-refractivity contribution < 1.29 is 0 Å². The molecule has 0 aromatic rings. The minimum atomic E-state index is 0.711. The van der Waals surface area contributed by atoms with Crippen LogP contribution in [-0.4, -0.2) is 36.6 Å². The molecule has 0 aliphatic carbocycles. The summed E-state index contributed by atoms with van der Waals surface area (Å²) in [6, 6.07) is 1.48. The van der Waals surface area contributed by atoms with Crippen molar-refractivity contribution in [3.05, 3.63) is 0 Å². The lowest BCUT2D eigenvalue weighted by Gasteiger charge is -2.42. The maximum Gasteiger partial charge on any atom is 0.0221 e. The lowest BCUT2D eigenvalue weighted by atomic mass is 9.94. The van der Waals surface area contributed by atoms with Crippen LogP contribution in [0.5, 0.6) is 0 Å². The molecule has 0 saturated carbocycles. The van der Waals surface area contributed by atoms with Crippen molar-refractivity contribution in [2.75, 3.05) is 19.6 Å². The van der Waals surface area contributed by atoms with Crippen LogP contribution in [0.2, 0.25) is 0 Å². The van der Waals surface area contributed by atoms with Gasteiger partial charge in [0.25, 0.3) is 0 Å². The van der Waals surface area contributed by atoms with Crippen LogP contribution in [0.25, 0.3) is 0 Å². The Kier molecular flexibility index (Phi) is 10.4. The summed E-state index contributed by atoms with van der Waals surface area (Å²) in [5.74, 6) is 0.805. The van der Waals surface area contributed by atoms with Crippen LogP contribution in [0.4, 0.5) is 0 Å². The van der Waals surface area contributed by atoms with E-state index in [1.807, 2.05) is 0 Å². The van der Waals surface area contributed by atoms with Gasteiger partial charge in [0.05, 0.1) is 0 Å². The zero-order valence-electron chi connectivity index (χ0n) is 15.2. The zero-order valence-corrected chi connectivity index (χ0v) is 15.2. The number of nitrogens with zero attached hydrogens (tertiary/aromatic N) is 1. The van der Waals surface area contributed by atoms with Gasteiger partial charge in [0, 0.05) is 25.2 Å². The van der Waals surface area contributed by atoms with Gasteiger partial charge in [-0.05, 0) is 25.3 Å². The normalized spacial score (nSPS) is 25.1. The molecule has 1 saturated heterocycles. The Hall–Kier alpha value is -0.0800. The molecule has 0 aromatic carbocycles. The van der Waals surface area contributed by atoms with Crippen LogP contribution in [-0.2, 0) is 0 Å². The van der Waals surface area contributed by atoms with Gasteiger partial charge in [-0.25, -0.2) is 0 Å². The quantitative estimate of drug-likeness (QED) is 0.549. The first-order valence-electron chi connectivity index (χ1n) is 9.70. The molecular weight excluding hydrogens is 256 g/mol. The molecule has 3 atom stereocenters. The Bertz CT molecular complexity index is 242. The molecule has 126 valence electrons. The molecule has 0 spiro atoms. The molecule has 1 fully saturated rings. The molecule has 2 heteroatoms. The van der Waals surface area contributed by atoms with E-state index < -0.39 is 0 Å². The Morgan fingerprint density at radius 2 is 1.67 bits per heavy atom. The number of nitrogens with one attached hydrogen (secondary N) is 1. The van der Waals surface area contributed by atoms with E-state index in [0.29, 0.717) is 6.04 Å². The van der Waals surface area contributed by atoms with Gasteiger partial charge in [-0.2, -0.15) is 0 Å². The van der Waals surface area contributed by atoms with Crippen LogP contribution >= 0.6 is 0 Å². The summed E-state index contributed by atoms with van der Waals surface area (Å²) in [5.41, 5.74) is 0. The standard InChI is InChI=1S/C19H40N2/c1-5-8-9-10-11-12-13-14-21-16-19(17(4)6-2)20-15-18(21)7-3/h17-20H,5-16H2,1-4H3. The van der Waals surface area contributed by atoms with Crippen molar-refractivity contribution in [2.45, 2.75) is 97.6 Å². The smallest absolute Gasteiger partial charge is 0.0221 e. The number of hydrogen-bond acceptors (Lipinski definition) is 2. The molecule has 0 amide bonds. The van der Waals surface area contributed by atoms with E-state index in [9.17, 15) is 0 Å². The van der Waals surface area contributed by atoms with Gasteiger partial charge in [-0.1, -0.05) is 72.6 Å². The van der Waals surface area contributed by atoms with E-state index >= 15 is 0 Å². The minimum absolute atomic E-state index is 0.711. The van der Waals surface area contributed by atoms with Crippen LogP contribution in [0.1, 0.15) is 85.5 Å². The summed E-state index contributed by atoms with van der Waals surface area (Å²) in [6.07, 6.45) is 12.5. The van der Waals surface area contributed by atoms with Crippen molar-refractivity contribution in [1.29, 1.82) is 0 Å². The Morgan fingerprint density at radius 1 is 1.00 bits per heavy atom. The van der Waals surface area contributed by atoms with Crippen molar-refractivity contribution in [3.8, 4) is 0 Å². The van der Waals surface area contributed by atoms with E-state index in [2.05, 4.69) is 37.9 Å². The summed E-state index contributed by atoms with van der Waals surface area (Å²) in [7, 11) is 0. The van der Waals surface area contributed by atoms with E-state index in [4.69, 9.17) is 0 Å². The molecule has 0 aromatic heterocycles. The van der Waals surface area contributed by atoms with Gasteiger partial charge < -0.3 is 5.32 Å². The van der Waals surface area contributed by atoms with Gasteiger partial charge in [0.1, 0.15) is 0 Å². The van der Waals surface area contributed by atoms with E-state index in [1.165, 1.54) is 77.4 Å². The molecule has 1 N–H and O–H groups in total. The van der Waals surface area contributed by atoms with Crippen molar-refractivity contribution in [3.63, 3.8) is 0 Å². The topological polar surface area (TPSA) is 15.3 Å². The maximum absolute atomic E-state index is 3.78. The summed E-state index contributed by atoms with van der Waals surface area (Å²) >= 11 is 0. The summed E-state index contributed by atoms with van der Waals surface area (Å²) in [6.45, 7) is 13.1. The molecule has 3 unspecified atom stereocenters. The third-order valence-electron chi connectivity index (χ3n) is 5.41. The highest BCUT2D eigenvalue weighted by Gasteiger charge is 2.28. The molecule has 1 aliphatic rings. The summed E-state index contributed by atoms with van der Waals surface area (Å²) < 4.78 is 0. The minimum Gasteiger partial charge on any atom is -0.311 e. The zero-order chi connectivity index (χ0) is 15.5. The maximum atomic E-state index is 3.78. The fourth-order valence-electron chi connectivity index (χ4n) is 3.50. The van der Waals surface area contributed by atoms with Gasteiger partial charge in [-0.3, -0.25) is 4.90 Å². The molecule has 0 radical (unpaired) electrons. The Balaban J connectivity index is 2.22. The SMILES string of the molecule is CCCCCCCCCN1CC(C(C)CC)NCC1CC. The molecular formula is C19H40N2. The Labute approximate surface area is 134 Å². The number of rotatable bonds is 11. The predicted molar refractivity (Wildman–Crippen MR) is 94.9 cm³/mol. The van der Waals surface area contributed by atoms with Crippen molar-refractivity contribution in [2.24, 2.45) is 5.92 Å². The fourth-order valence-corrected chi connectivity index (χ4v) is 3.50. The molecule has 1 rings (SSSR count). The lowest BCUT2D eigenvalue weighted by Crippen LogP contribution is -2.58. The monoisotopic (exact) mass is 296 g/mol. The second-order valence-electron chi connectivity index (χ2n) is 7.08. The van der Waals surface area contributed by atoms with Gasteiger partial charge in [-0.15, -0.1) is 0 Å². The predicted octanol–water partition coefficient (Wildman–Crippen LogP) is 4.84. The van der Waals surface area contributed by atoms with E-state index in [0.717, 1.165) is 12.0 Å². The molecule has 2 nitrogen and oxygen atoms in total. The molecule has 21 heavy (non-hydrogen) atoms. The van der Waals surface area contributed by atoms with Gasteiger partial charge in [0.2, 0.25) is 0 Å². The number of piperazine rings is 1. The highest BCUT2D eigenvalue weighted by molar-refractivity contribution is 4.87. The molecule has 1 aliphatic heterocycles. The second-order valence-corrected chi connectivity index (χ2v) is 7.08. The highest BCUT2D eigenvalue weighted by Crippen LogP contribution is 2.18. The van der Waals surface area contributed by atoms with Crippen LogP contribution in [0.15, 0.2) is 0 Å². The highest BCUT2D eigenvalue weighted by atomic mass is 15.2. The fraction of sp³-hybridized carbons (Fsp3) is 1.00. The average Bonchev–Trinajstić information content (AvgIpc) is 2.53. The van der Waals surface area contributed by atoms with Gasteiger partial charge >= 0.3 is 0 Å². The van der Waals surface area contributed by atoms with Gasteiger partial charge in [0.15, 0.2) is 0 Å². The average molecular weight is 297 g/mol. The Morgan fingerprint density at radius 3 is 2.29 bits per heavy atom. The lowest BCUT2D eigenvalue weighted by molar-refractivity contribution is 0.104. The first-order valence-corrected chi connectivity index (χ1v) is 9.70. The molecule has 1 heterocycles. The van der Waals surface area contributed by atoms with Crippen LogP contribution < -0.4 is 5.32 Å².